The number of nitrogens with zero attached hydrogens (tertiary/aromatic N) is 4. The van der Waals surface area contributed by atoms with Gasteiger partial charge in [0, 0.05) is 168 Å². The quantitative estimate of drug-likeness (QED) is 0.0369. The number of benzene rings is 8. The SMILES string of the molecule is CS.CS(=O)(=O)c1ccc(-c2c(Cl)cc(CC(=O)Cc3ccc(Br)cn3)cc2Cl)cc1.CS(=O)(=O)c1ccc(-c2c(Cl)cc(CC(=O)Cc3ccc(S(C)(=O)=O)cn3)cc2Cl)cc1.CS(=O)(=O)c1ccc(-c2c(Cl)cc(CC(=O)Cc3ccc(S(C)(=O)=O)cn3)cc2Cl)cc1.CSc1ccc(CC(=O)Cc2cc(Cl)c(-c3ccc(S(C)(=O)=O)cc3)c(Cl)c2)nc1. The van der Waals surface area contributed by atoms with Gasteiger partial charge >= 0.3 is 0 Å². The highest BCUT2D eigenvalue weighted by Gasteiger charge is 2.22. The number of carbonyl (C=O) groups is 4. The number of carbonyl (C=O) groups excluding carboxylic acids is 4. The zero-order chi connectivity index (χ0) is 92.4. The van der Waals surface area contributed by atoms with Crippen molar-refractivity contribution in [1.29, 1.82) is 0 Å². The lowest BCUT2D eigenvalue weighted by Crippen LogP contribution is -2.08. The van der Waals surface area contributed by atoms with Crippen LogP contribution < -0.4 is 0 Å². The summed E-state index contributed by atoms with van der Waals surface area (Å²) >= 11 is 59.9. The third kappa shape index (κ3) is 30.7. The van der Waals surface area contributed by atoms with E-state index in [0.717, 1.165) is 52.6 Å². The molecule has 0 saturated heterocycles. The summed E-state index contributed by atoms with van der Waals surface area (Å²) in [4.78, 5) is 68.4. The fourth-order valence-electron chi connectivity index (χ4n) is 12.1. The van der Waals surface area contributed by atoms with Crippen molar-refractivity contribution >= 4 is 215 Å². The van der Waals surface area contributed by atoms with Gasteiger partial charge in [-0.05, 0) is 219 Å². The van der Waals surface area contributed by atoms with Crippen LogP contribution in [0.3, 0.4) is 0 Å². The van der Waals surface area contributed by atoms with Crippen molar-refractivity contribution < 1.29 is 69.7 Å². The topological polar surface area (TPSA) is 325 Å². The van der Waals surface area contributed by atoms with Crippen LogP contribution in [0.15, 0.2) is 258 Å². The first-order chi connectivity index (χ1) is 58.5. The van der Waals surface area contributed by atoms with Crippen molar-refractivity contribution in [3.63, 3.8) is 0 Å². The minimum Gasteiger partial charge on any atom is -0.299 e. The molecule has 125 heavy (non-hydrogen) atoms. The smallest absolute Gasteiger partial charge is 0.177 e. The number of sulfone groups is 6. The molecule has 0 aliphatic carbocycles. The predicted octanol–water partition coefficient (Wildman–Crippen LogP) is 20.1. The standard InChI is InChI=1S/2C22H19Cl2NO5S2.C22H19Cl2NO3S2.C21H16BrCl2NO3S.CH4S/c2*1-31(27,28)18-6-3-15(4-7-18)22-20(23)10-14(11-21(22)24)9-17(26)12-16-5-8-19(13-25-16)32(2,29)30;1-29-18-6-5-16(25-13-18)12-17(26)9-14-10-20(23)22(21(24)11-14)15-3-7-19(8-4-15)30(2,27)28;1-29(27,28)18-6-2-14(3-7-18)21-19(23)9-13(10-20(21)24)8-17(26)11-16-5-4-15(22)12-25-16;1-2/h2*3-8,10-11,13H,9,12H2,1-2H3;3-8,10-11,13H,9,12H2,1-2H3;2-7,9-10,12H,8,11H2,1H3;2H,1H3. The lowest BCUT2D eigenvalue weighted by atomic mass is 10.00. The highest BCUT2D eigenvalue weighted by molar-refractivity contribution is 9.10. The van der Waals surface area contributed by atoms with E-state index in [0.29, 0.717) is 124 Å². The normalized spacial score (nSPS) is 11.6. The van der Waals surface area contributed by atoms with E-state index in [1.54, 1.807) is 134 Å². The number of rotatable bonds is 27. The summed E-state index contributed by atoms with van der Waals surface area (Å²) in [5, 5.41) is 2.94. The molecule has 20 nitrogen and oxygen atoms in total. The van der Waals surface area contributed by atoms with Crippen LogP contribution >= 0.6 is 133 Å². The lowest BCUT2D eigenvalue weighted by molar-refractivity contribution is -0.118. The number of ketones is 4. The van der Waals surface area contributed by atoms with Crippen molar-refractivity contribution in [3.8, 4) is 44.5 Å². The summed E-state index contributed by atoms with van der Waals surface area (Å²) < 4.78 is 140. The van der Waals surface area contributed by atoms with Crippen LogP contribution in [0.2, 0.25) is 40.2 Å². The van der Waals surface area contributed by atoms with Crippen molar-refractivity contribution in [1.82, 2.24) is 19.9 Å². The van der Waals surface area contributed by atoms with E-state index >= 15 is 0 Å². The monoisotopic (exact) mass is 2060 g/mol. The Labute approximate surface area is 785 Å². The van der Waals surface area contributed by atoms with Gasteiger partial charge in [0.05, 0.1) is 69.6 Å². The Morgan fingerprint density at radius 1 is 0.280 bits per heavy atom. The Kier molecular flexibility index (Phi) is 36.9. The molecular weight excluding hydrogens is 1990 g/mol. The third-order valence-corrected chi connectivity index (χ3v) is 28.4. The molecule has 4 aromatic heterocycles. The van der Waals surface area contributed by atoms with Crippen molar-refractivity contribution in [2.45, 2.75) is 85.6 Å². The molecule has 656 valence electrons. The summed E-state index contributed by atoms with van der Waals surface area (Å²) in [6, 6.07) is 51.9. The number of thioether (sulfide) groups is 1. The number of thiol groups is 1. The highest BCUT2D eigenvalue weighted by Crippen LogP contribution is 2.41. The Balaban J connectivity index is 0.000000205. The second kappa shape index (κ2) is 45.0. The van der Waals surface area contributed by atoms with E-state index in [2.05, 4.69) is 48.5 Å². The Morgan fingerprint density at radius 2 is 0.472 bits per heavy atom. The minimum absolute atomic E-state index is 0.00258. The van der Waals surface area contributed by atoms with Gasteiger partial charge in [-0.2, -0.15) is 12.6 Å². The average Bonchev–Trinajstić information content (AvgIpc) is 0.822. The van der Waals surface area contributed by atoms with Crippen LogP contribution in [0.25, 0.3) is 44.5 Å². The van der Waals surface area contributed by atoms with Crippen LogP contribution in [-0.4, -0.2) is 144 Å². The number of pyridine rings is 4. The van der Waals surface area contributed by atoms with Gasteiger partial charge in [0.1, 0.15) is 23.1 Å². The maximum Gasteiger partial charge on any atom is 0.177 e. The molecule has 0 N–H and O–H groups in total. The van der Waals surface area contributed by atoms with Gasteiger partial charge in [-0.3, -0.25) is 39.1 Å². The Bertz CT molecular complexity index is 6430. The highest BCUT2D eigenvalue weighted by atomic mass is 79.9. The van der Waals surface area contributed by atoms with E-state index in [1.807, 2.05) is 24.5 Å². The lowest BCUT2D eigenvalue weighted by Gasteiger charge is -2.11. The molecule has 0 atom stereocenters. The molecule has 0 radical (unpaired) electrons. The molecule has 0 fully saturated rings. The van der Waals surface area contributed by atoms with Gasteiger partial charge in [0.25, 0.3) is 0 Å². The molecule has 12 rings (SSSR count). The third-order valence-electron chi connectivity index (χ3n) is 18.1. The van der Waals surface area contributed by atoms with Crippen LogP contribution in [0.1, 0.15) is 45.0 Å². The van der Waals surface area contributed by atoms with Crippen LogP contribution in [0.4, 0.5) is 0 Å². The molecule has 37 heteroatoms. The average molecular weight is 2070 g/mol. The molecule has 0 aliphatic heterocycles. The molecule has 0 bridgehead atoms. The fraction of sp³-hybridized carbons (Fsp3) is 0.182. The Hall–Kier alpha value is -7.76. The molecular formula is C88H77BrCl8N4O16S8. The van der Waals surface area contributed by atoms with Crippen LogP contribution in [-0.2, 0) is 130 Å². The summed E-state index contributed by atoms with van der Waals surface area (Å²) in [6.45, 7) is 0. The summed E-state index contributed by atoms with van der Waals surface area (Å²) in [5.74, 6) is -0.266. The summed E-state index contributed by atoms with van der Waals surface area (Å²) in [6.07, 6.45) is 17.3. The van der Waals surface area contributed by atoms with Gasteiger partial charge in [-0.25, -0.2) is 50.5 Å². The molecule has 0 aliphatic rings. The second-order valence-corrected chi connectivity index (χ2v) is 45.3. The molecule has 0 unspecified atom stereocenters. The molecule has 8 aromatic carbocycles. The van der Waals surface area contributed by atoms with Crippen molar-refractivity contribution in [2.24, 2.45) is 0 Å². The van der Waals surface area contributed by atoms with E-state index in [1.165, 1.54) is 85.2 Å². The predicted molar refractivity (Wildman–Crippen MR) is 507 cm³/mol. The van der Waals surface area contributed by atoms with E-state index in [9.17, 15) is 69.7 Å². The van der Waals surface area contributed by atoms with Crippen molar-refractivity contribution in [2.75, 3.05) is 50.0 Å². The first kappa shape index (κ1) is 103. The number of aromatic nitrogens is 4. The van der Waals surface area contributed by atoms with E-state index in [-0.39, 0.29) is 104 Å². The second-order valence-electron chi connectivity index (χ2n) is 28.2. The summed E-state index contributed by atoms with van der Waals surface area (Å²) in [7, 11) is -19.9. The van der Waals surface area contributed by atoms with Gasteiger partial charge in [0.2, 0.25) is 0 Å². The number of Topliss-reactive ketones (excluding diaryl/α,β-unsaturated/α-hetero) is 4. The van der Waals surface area contributed by atoms with Gasteiger partial charge in [-0.1, -0.05) is 141 Å². The van der Waals surface area contributed by atoms with Gasteiger partial charge in [-0.15, -0.1) is 11.8 Å². The molecule has 12 aromatic rings. The van der Waals surface area contributed by atoms with Crippen LogP contribution in [0, 0.1) is 0 Å². The largest absolute Gasteiger partial charge is 0.299 e. The molecule has 0 spiro atoms. The van der Waals surface area contributed by atoms with Crippen molar-refractivity contribution in [3.05, 3.63) is 309 Å². The number of halogens is 9. The Morgan fingerprint density at radius 3 is 0.640 bits per heavy atom. The number of hydrogen-bond acceptors (Lipinski definition) is 22. The van der Waals surface area contributed by atoms with E-state index in [4.69, 9.17) is 92.8 Å². The first-order valence-corrected chi connectivity index (χ1v) is 53.8. The van der Waals surface area contributed by atoms with E-state index < -0.39 is 59.0 Å². The van der Waals surface area contributed by atoms with Gasteiger partial charge in [0.15, 0.2) is 59.0 Å². The maximum absolute atomic E-state index is 12.5. The summed E-state index contributed by atoms with van der Waals surface area (Å²) in [5.41, 5.74) is 9.99. The van der Waals surface area contributed by atoms with Crippen LogP contribution in [0.5, 0.6) is 0 Å². The molecule has 0 amide bonds. The number of hydrogen-bond donors (Lipinski definition) is 1. The fourth-order valence-corrected chi connectivity index (χ4v) is 19.3. The zero-order valence-corrected chi connectivity index (χ0v) is 81.7. The zero-order valence-electron chi connectivity index (χ0n) is 67.5. The minimum atomic E-state index is -3.35. The molecule has 0 saturated carbocycles. The molecule has 4 heterocycles. The maximum atomic E-state index is 12.5. The van der Waals surface area contributed by atoms with Gasteiger partial charge < -0.3 is 0 Å². The first-order valence-electron chi connectivity index (χ1n) is 36.5.